The molecule has 3 unspecified atom stereocenters. The molecule has 1 aliphatic carbocycles. The van der Waals surface area contributed by atoms with Crippen molar-refractivity contribution in [2.24, 2.45) is 5.92 Å². The lowest BCUT2D eigenvalue weighted by molar-refractivity contribution is -0.120. The number of carbonyl (C=O) groups excluding carboxylic acids is 2. The second-order valence-electron chi connectivity index (χ2n) is 11.7. The number of hydrogen-bond acceptors (Lipinski definition) is 9. The van der Waals surface area contributed by atoms with Gasteiger partial charge in [-0.25, -0.2) is 4.98 Å². The maximum atomic E-state index is 13.9. The SMILES string of the molecule is CCC(C)C(Nc1ccc2c(cc1=O)C(NC(C)=O)CCc1cc(OC)c(OC)c(OC)c1-2)C(=O)Nc1ccc2nc(CO)[nH]c2c1. The Hall–Kier alpha value is -5.10. The van der Waals surface area contributed by atoms with Crippen LogP contribution in [0.25, 0.3) is 22.2 Å². The third-order valence-corrected chi connectivity index (χ3v) is 8.67. The summed E-state index contributed by atoms with van der Waals surface area (Å²) >= 11 is 0. The van der Waals surface area contributed by atoms with E-state index in [2.05, 4.69) is 25.9 Å². The number of carbonyl (C=O) groups is 2. The molecule has 3 atom stereocenters. The number of H-pyrrole nitrogens is 1. The van der Waals surface area contributed by atoms with Gasteiger partial charge in [-0.15, -0.1) is 0 Å². The van der Waals surface area contributed by atoms with Gasteiger partial charge in [0, 0.05) is 18.2 Å². The van der Waals surface area contributed by atoms with E-state index in [1.807, 2.05) is 26.0 Å². The summed E-state index contributed by atoms with van der Waals surface area (Å²) in [4.78, 5) is 47.3. The second-order valence-corrected chi connectivity index (χ2v) is 11.7. The van der Waals surface area contributed by atoms with Gasteiger partial charge in [-0.3, -0.25) is 14.4 Å². The van der Waals surface area contributed by atoms with Crippen LogP contribution in [-0.2, 0) is 22.6 Å². The Morgan fingerprint density at radius 3 is 2.49 bits per heavy atom. The molecule has 1 heterocycles. The highest BCUT2D eigenvalue weighted by Gasteiger charge is 2.30. The van der Waals surface area contributed by atoms with Crippen molar-refractivity contribution in [3.63, 3.8) is 0 Å². The number of methoxy groups -OCH3 is 3. The first kappa shape index (κ1) is 33.3. The van der Waals surface area contributed by atoms with Gasteiger partial charge in [-0.1, -0.05) is 26.3 Å². The first-order valence-electron chi connectivity index (χ1n) is 15.6. The average Bonchev–Trinajstić information content (AvgIpc) is 3.34. The van der Waals surface area contributed by atoms with E-state index in [9.17, 15) is 19.5 Å². The summed E-state index contributed by atoms with van der Waals surface area (Å²) in [6, 6.07) is 11.0. The van der Waals surface area contributed by atoms with Gasteiger partial charge in [-0.05, 0) is 71.8 Å². The van der Waals surface area contributed by atoms with E-state index in [-0.39, 0.29) is 35.5 Å². The highest BCUT2D eigenvalue weighted by molar-refractivity contribution is 5.98. The normalized spacial score (nSPS) is 15.0. The first-order chi connectivity index (χ1) is 22.6. The molecule has 4 aromatic rings. The molecule has 12 nitrogen and oxygen atoms in total. The van der Waals surface area contributed by atoms with Crippen molar-refractivity contribution in [2.45, 2.75) is 58.7 Å². The smallest absolute Gasteiger partial charge is 0.247 e. The van der Waals surface area contributed by atoms with Crippen LogP contribution in [0.3, 0.4) is 0 Å². The molecule has 0 saturated heterocycles. The molecular weight excluding hydrogens is 602 g/mol. The zero-order valence-electron chi connectivity index (χ0n) is 27.4. The van der Waals surface area contributed by atoms with E-state index in [0.29, 0.717) is 70.2 Å². The molecule has 0 radical (unpaired) electrons. The van der Waals surface area contributed by atoms with Crippen LogP contribution in [-0.4, -0.2) is 54.3 Å². The molecule has 248 valence electrons. The second kappa shape index (κ2) is 14.1. The predicted octanol–water partition coefficient (Wildman–Crippen LogP) is 4.70. The molecule has 0 saturated carbocycles. The number of aliphatic hydroxyl groups excluding tert-OH is 1. The van der Waals surface area contributed by atoms with Crippen molar-refractivity contribution in [2.75, 3.05) is 32.0 Å². The van der Waals surface area contributed by atoms with E-state index in [1.165, 1.54) is 20.1 Å². The monoisotopic (exact) mass is 643 g/mol. The Balaban J connectivity index is 1.58. The summed E-state index contributed by atoms with van der Waals surface area (Å²) in [6.07, 6.45) is 1.78. The number of benzene rings is 2. The minimum atomic E-state index is -0.752. The third kappa shape index (κ3) is 6.73. The van der Waals surface area contributed by atoms with E-state index >= 15 is 0 Å². The molecule has 1 aliphatic rings. The number of rotatable bonds is 11. The standard InChI is InChI=1S/C35H41N5O7/c1-7-18(2)32(35(44)37-21-9-12-25-27(15-21)39-30(17-41)38-25)40-26-13-10-22-23(16-28(26)43)24(36-19(3)42)11-8-20-14-29(45-4)33(46-5)34(47-6)31(20)22/h9-10,12-16,18,24,32,41H,7-8,11,17H2,1-6H3,(H,36,42)(H,37,44)(H,38,39)(H,40,43). The lowest BCUT2D eigenvalue weighted by atomic mass is 9.95. The van der Waals surface area contributed by atoms with Crippen LogP contribution in [0.1, 0.15) is 56.6 Å². The zero-order valence-corrected chi connectivity index (χ0v) is 27.4. The van der Waals surface area contributed by atoms with Crippen LogP contribution in [0, 0.1) is 5.92 Å². The van der Waals surface area contributed by atoms with Crippen LogP contribution in [0.4, 0.5) is 11.4 Å². The molecule has 1 aromatic heterocycles. The Labute approximate surface area is 272 Å². The minimum Gasteiger partial charge on any atom is -0.493 e. The van der Waals surface area contributed by atoms with Crippen molar-refractivity contribution in [3.8, 4) is 28.4 Å². The predicted molar refractivity (Wildman–Crippen MR) is 180 cm³/mol. The van der Waals surface area contributed by atoms with Crippen LogP contribution >= 0.6 is 0 Å². The minimum absolute atomic E-state index is 0.140. The summed E-state index contributed by atoms with van der Waals surface area (Å²) in [5.74, 6) is 1.14. The molecular formula is C35H41N5O7. The van der Waals surface area contributed by atoms with E-state index in [0.717, 1.165) is 11.1 Å². The summed E-state index contributed by atoms with van der Waals surface area (Å²) in [5, 5.41) is 18.6. The van der Waals surface area contributed by atoms with Crippen LogP contribution < -0.4 is 35.6 Å². The zero-order chi connectivity index (χ0) is 33.8. The van der Waals surface area contributed by atoms with Gasteiger partial charge < -0.3 is 40.3 Å². The molecule has 0 fully saturated rings. The van der Waals surface area contributed by atoms with Crippen molar-refractivity contribution in [1.29, 1.82) is 0 Å². The average molecular weight is 644 g/mol. The quantitative estimate of drug-likeness (QED) is 0.156. The molecule has 0 bridgehead atoms. The molecule has 5 N–H and O–H groups in total. The van der Waals surface area contributed by atoms with Gasteiger partial charge >= 0.3 is 0 Å². The Bertz CT molecular complexity index is 1870. The van der Waals surface area contributed by atoms with Crippen LogP contribution in [0.2, 0.25) is 0 Å². The van der Waals surface area contributed by atoms with Crippen LogP contribution in [0.5, 0.6) is 17.2 Å². The number of hydrogen-bond donors (Lipinski definition) is 5. The summed E-state index contributed by atoms with van der Waals surface area (Å²) in [7, 11) is 4.64. The molecule has 12 heteroatoms. The molecule has 47 heavy (non-hydrogen) atoms. The number of nitrogens with zero attached hydrogens (tertiary/aromatic N) is 1. The summed E-state index contributed by atoms with van der Waals surface area (Å²) < 4.78 is 17.2. The van der Waals surface area contributed by atoms with E-state index in [4.69, 9.17) is 14.2 Å². The topological polar surface area (TPSA) is 164 Å². The fourth-order valence-electron chi connectivity index (χ4n) is 6.13. The fourth-order valence-corrected chi connectivity index (χ4v) is 6.13. The largest absolute Gasteiger partial charge is 0.493 e. The Morgan fingerprint density at radius 2 is 1.83 bits per heavy atom. The third-order valence-electron chi connectivity index (χ3n) is 8.67. The molecule has 0 aliphatic heterocycles. The highest BCUT2D eigenvalue weighted by atomic mass is 16.5. The van der Waals surface area contributed by atoms with Gasteiger partial charge in [0.05, 0.1) is 44.1 Å². The molecule has 0 spiro atoms. The van der Waals surface area contributed by atoms with Crippen molar-refractivity contribution < 1.29 is 28.9 Å². The molecule has 2 amide bonds. The fraction of sp³-hybridized carbons (Fsp3) is 0.371. The maximum absolute atomic E-state index is 13.9. The van der Waals surface area contributed by atoms with Crippen molar-refractivity contribution in [3.05, 3.63) is 69.6 Å². The highest BCUT2D eigenvalue weighted by Crippen LogP contribution is 2.50. The van der Waals surface area contributed by atoms with Crippen molar-refractivity contribution >= 4 is 34.2 Å². The number of aromatic amines is 1. The number of nitrogens with one attached hydrogen (secondary N) is 4. The van der Waals surface area contributed by atoms with Gasteiger partial charge in [0.1, 0.15) is 18.5 Å². The van der Waals surface area contributed by atoms with E-state index in [1.54, 1.807) is 38.5 Å². The molecule has 5 rings (SSSR count). The number of ether oxygens (including phenoxy) is 3. The number of amides is 2. The molecule has 3 aromatic carbocycles. The number of aromatic nitrogens is 2. The maximum Gasteiger partial charge on any atom is 0.247 e. The Morgan fingerprint density at radius 1 is 1.06 bits per heavy atom. The number of anilines is 2. The first-order valence-corrected chi connectivity index (χ1v) is 15.6. The lowest BCUT2D eigenvalue weighted by Crippen LogP contribution is -2.40. The number of fused-ring (bicyclic) bond motifs is 4. The van der Waals surface area contributed by atoms with Crippen LogP contribution in [0.15, 0.2) is 47.3 Å². The lowest BCUT2D eigenvalue weighted by Gasteiger charge is -2.24. The summed E-state index contributed by atoms with van der Waals surface area (Å²) in [5.41, 5.74) is 4.77. The van der Waals surface area contributed by atoms with Crippen molar-refractivity contribution in [1.82, 2.24) is 15.3 Å². The number of imidazole rings is 1. The Kier molecular flexibility index (Phi) is 10.00. The summed E-state index contributed by atoms with van der Waals surface area (Å²) in [6.45, 7) is 5.15. The van der Waals surface area contributed by atoms with Gasteiger partial charge in [0.25, 0.3) is 0 Å². The van der Waals surface area contributed by atoms with E-state index < -0.39 is 12.1 Å². The van der Waals surface area contributed by atoms with Gasteiger partial charge in [0.15, 0.2) is 11.5 Å². The number of aryl methyl sites for hydroxylation is 1. The van der Waals surface area contributed by atoms with Gasteiger partial charge in [-0.2, -0.15) is 0 Å². The van der Waals surface area contributed by atoms with Gasteiger partial charge in [0.2, 0.25) is 23.0 Å². The number of aliphatic hydroxyl groups is 1.